The maximum atomic E-state index is 9.17. The van der Waals surface area contributed by atoms with Crippen LogP contribution in [0.1, 0.15) is 49.1 Å². The number of aliphatic hydroxyl groups excluding tert-OH is 1. The zero-order chi connectivity index (χ0) is 21.3. The molecule has 3 heteroatoms. The molecule has 3 rings (SSSR count). The summed E-state index contributed by atoms with van der Waals surface area (Å²) < 4.78 is 6.13. The summed E-state index contributed by atoms with van der Waals surface area (Å²) in [7, 11) is 0. The van der Waals surface area contributed by atoms with E-state index in [4.69, 9.17) is 4.42 Å². The maximum absolute atomic E-state index is 9.17. The molecule has 2 atom stereocenters. The van der Waals surface area contributed by atoms with E-state index in [-0.39, 0.29) is 6.61 Å². The minimum atomic E-state index is 0.0994. The Morgan fingerprint density at radius 1 is 0.933 bits per heavy atom. The van der Waals surface area contributed by atoms with Crippen LogP contribution in [-0.2, 0) is 19.6 Å². The molecule has 0 saturated heterocycles. The van der Waals surface area contributed by atoms with Gasteiger partial charge in [0.2, 0.25) is 0 Å². The Bertz CT molecular complexity index is 880. The van der Waals surface area contributed by atoms with Gasteiger partial charge in [0.25, 0.3) is 0 Å². The molecule has 160 valence electrons. The molecule has 30 heavy (non-hydrogen) atoms. The smallest absolute Gasteiger partial charge is 0.134 e. The molecule has 2 N–H and O–H groups in total. The number of nitrogens with one attached hydrogen (secondary N) is 1. The van der Waals surface area contributed by atoms with Crippen LogP contribution < -0.4 is 5.32 Å². The quantitative estimate of drug-likeness (QED) is 0.403. The molecule has 2 unspecified atom stereocenters. The Morgan fingerprint density at radius 3 is 2.30 bits per heavy atom. The van der Waals surface area contributed by atoms with E-state index in [1.807, 2.05) is 12.1 Å². The van der Waals surface area contributed by atoms with Crippen molar-refractivity contribution in [1.29, 1.82) is 0 Å². The van der Waals surface area contributed by atoms with Crippen LogP contribution in [0.3, 0.4) is 0 Å². The fourth-order valence-corrected chi connectivity index (χ4v) is 3.80. The van der Waals surface area contributed by atoms with Gasteiger partial charge in [0.05, 0.1) is 6.61 Å². The van der Waals surface area contributed by atoms with Gasteiger partial charge in [-0.2, -0.15) is 0 Å². The molecule has 0 spiro atoms. The molecular weight excluding hydrogens is 370 g/mol. The molecule has 0 fully saturated rings. The summed E-state index contributed by atoms with van der Waals surface area (Å²) in [6.45, 7) is 8.68. The van der Waals surface area contributed by atoms with E-state index in [9.17, 15) is 5.11 Å². The molecule has 3 aromatic rings. The van der Waals surface area contributed by atoms with E-state index in [2.05, 4.69) is 74.6 Å². The van der Waals surface area contributed by atoms with Gasteiger partial charge in [-0.25, -0.2) is 0 Å². The van der Waals surface area contributed by atoms with Crippen molar-refractivity contribution < 1.29 is 9.52 Å². The summed E-state index contributed by atoms with van der Waals surface area (Å²) in [5.74, 6) is 3.30. The zero-order valence-corrected chi connectivity index (χ0v) is 18.5. The predicted octanol–water partition coefficient (Wildman–Crippen LogP) is 6.13. The van der Waals surface area contributed by atoms with Crippen molar-refractivity contribution in [2.45, 2.75) is 53.2 Å². The summed E-state index contributed by atoms with van der Waals surface area (Å²) in [6, 6.07) is 20.9. The number of aryl methyl sites for hydroxylation is 2. The number of aliphatic hydroxyl groups is 1. The average Bonchev–Trinajstić information content (AvgIpc) is 3.25. The minimum absolute atomic E-state index is 0.0994. The number of hydrogen-bond acceptors (Lipinski definition) is 3. The Hall–Kier alpha value is -2.36. The number of hydrogen-bond donors (Lipinski definition) is 2. The summed E-state index contributed by atoms with van der Waals surface area (Å²) in [4.78, 5) is 0. The van der Waals surface area contributed by atoms with E-state index in [1.54, 1.807) is 0 Å². The highest BCUT2D eigenvalue weighted by Crippen LogP contribution is 2.26. The third kappa shape index (κ3) is 6.32. The first-order valence-electron chi connectivity index (χ1n) is 11.1. The molecular formula is C27H35NO2. The van der Waals surface area contributed by atoms with Gasteiger partial charge in [0, 0.05) is 18.5 Å². The van der Waals surface area contributed by atoms with E-state index in [0.717, 1.165) is 48.6 Å². The van der Waals surface area contributed by atoms with E-state index in [0.29, 0.717) is 11.8 Å². The lowest BCUT2D eigenvalue weighted by atomic mass is 9.87. The van der Waals surface area contributed by atoms with Crippen LogP contribution in [0.4, 0.5) is 0 Å². The first-order chi connectivity index (χ1) is 14.6. The second-order valence-electron chi connectivity index (χ2n) is 8.42. The molecule has 0 radical (unpaired) electrons. The van der Waals surface area contributed by atoms with Gasteiger partial charge in [-0.3, -0.25) is 0 Å². The van der Waals surface area contributed by atoms with Crippen molar-refractivity contribution in [1.82, 2.24) is 5.32 Å². The Kier molecular flexibility index (Phi) is 8.30. The average molecular weight is 406 g/mol. The SMILES string of the molecule is CCC(C)C(CCc1ccc(-c2ccc(C)cc2)o1)CNCc1ccc(CO)cc1. The number of benzene rings is 2. The largest absolute Gasteiger partial charge is 0.461 e. The summed E-state index contributed by atoms with van der Waals surface area (Å²) in [6.07, 6.45) is 3.27. The van der Waals surface area contributed by atoms with Gasteiger partial charge in [-0.1, -0.05) is 74.4 Å². The van der Waals surface area contributed by atoms with Gasteiger partial charge in [0.15, 0.2) is 0 Å². The number of furan rings is 1. The molecule has 0 aliphatic carbocycles. The Labute approximate surface area is 181 Å². The topological polar surface area (TPSA) is 45.4 Å². The van der Waals surface area contributed by atoms with Crippen molar-refractivity contribution in [2.24, 2.45) is 11.8 Å². The van der Waals surface area contributed by atoms with E-state index >= 15 is 0 Å². The van der Waals surface area contributed by atoms with Crippen LogP contribution in [0.5, 0.6) is 0 Å². The number of rotatable bonds is 11. The molecule has 1 heterocycles. The van der Waals surface area contributed by atoms with Crippen LogP contribution in [0, 0.1) is 18.8 Å². The fraction of sp³-hybridized carbons (Fsp3) is 0.407. The highest BCUT2D eigenvalue weighted by Gasteiger charge is 2.17. The molecule has 1 aromatic heterocycles. The first kappa shape index (κ1) is 22.3. The third-order valence-corrected chi connectivity index (χ3v) is 6.15. The monoisotopic (exact) mass is 405 g/mol. The zero-order valence-electron chi connectivity index (χ0n) is 18.5. The third-order valence-electron chi connectivity index (χ3n) is 6.15. The maximum Gasteiger partial charge on any atom is 0.134 e. The Morgan fingerprint density at radius 2 is 1.63 bits per heavy atom. The van der Waals surface area contributed by atoms with E-state index < -0.39 is 0 Å². The fourth-order valence-electron chi connectivity index (χ4n) is 3.80. The van der Waals surface area contributed by atoms with Gasteiger partial charge in [0.1, 0.15) is 11.5 Å². The molecule has 0 aliphatic heterocycles. The van der Waals surface area contributed by atoms with Crippen LogP contribution in [-0.4, -0.2) is 11.7 Å². The second kappa shape index (κ2) is 11.1. The van der Waals surface area contributed by atoms with Gasteiger partial charge >= 0.3 is 0 Å². The molecule has 0 amide bonds. The molecule has 0 bridgehead atoms. The lowest BCUT2D eigenvalue weighted by Crippen LogP contribution is -2.27. The standard InChI is InChI=1S/C27H35NO2/c1-4-21(3)25(18-28-17-22-7-9-23(19-29)10-8-22)13-14-26-15-16-27(30-26)24-11-5-20(2)6-12-24/h5-12,15-16,21,25,28-29H,4,13-14,17-19H2,1-3H3. The summed E-state index contributed by atoms with van der Waals surface area (Å²) >= 11 is 0. The summed E-state index contributed by atoms with van der Waals surface area (Å²) in [5.41, 5.74) is 4.61. The molecule has 2 aromatic carbocycles. The Balaban J connectivity index is 1.52. The van der Waals surface area contributed by atoms with E-state index in [1.165, 1.54) is 17.5 Å². The highest BCUT2D eigenvalue weighted by molar-refractivity contribution is 5.57. The van der Waals surface area contributed by atoms with Crippen molar-refractivity contribution in [3.63, 3.8) is 0 Å². The summed E-state index contributed by atoms with van der Waals surface area (Å²) in [5, 5.41) is 12.8. The lowest BCUT2D eigenvalue weighted by molar-refractivity contribution is 0.282. The van der Waals surface area contributed by atoms with Crippen LogP contribution in [0.25, 0.3) is 11.3 Å². The normalized spacial score (nSPS) is 13.3. The predicted molar refractivity (Wildman–Crippen MR) is 124 cm³/mol. The highest BCUT2D eigenvalue weighted by atomic mass is 16.3. The van der Waals surface area contributed by atoms with Crippen molar-refractivity contribution in [3.05, 3.63) is 83.1 Å². The van der Waals surface area contributed by atoms with Crippen molar-refractivity contribution >= 4 is 0 Å². The van der Waals surface area contributed by atoms with Crippen molar-refractivity contribution in [2.75, 3.05) is 6.54 Å². The molecule has 0 saturated carbocycles. The van der Waals surface area contributed by atoms with Gasteiger partial charge in [-0.05, 0) is 55.0 Å². The van der Waals surface area contributed by atoms with Crippen molar-refractivity contribution in [3.8, 4) is 11.3 Å². The van der Waals surface area contributed by atoms with Crippen LogP contribution in [0.2, 0.25) is 0 Å². The second-order valence-corrected chi connectivity index (χ2v) is 8.42. The van der Waals surface area contributed by atoms with Crippen LogP contribution in [0.15, 0.2) is 65.1 Å². The van der Waals surface area contributed by atoms with Crippen LogP contribution >= 0.6 is 0 Å². The van der Waals surface area contributed by atoms with Gasteiger partial charge < -0.3 is 14.8 Å². The minimum Gasteiger partial charge on any atom is -0.461 e. The van der Waals surface area contributed by atoms with Gasteiger partial charge in [-0.15, -0.1) is 0 Å². The lowest BCUT2D eigenvalue weighted by Gasteiger charge is -2.23. The first-order valence-corrected chi connectivity index (χ1v) is 11.1. The molecule has 3 nitrogen and oxygen atoms in total. The molecule has 0 aliphatic rings.